The molecule has 0 aliphatic carbocycles. The van der Waals surface area contributed by atoms with E-state index in [9.17, 15) is 20.4 Å². The monoisotopic (exact) mass is 435 g/mol. The Kier molecular flexibility index (Phi) is 4.31. The van der Waals surface area contributed by atoms with Crippen LogP contribution in [0.3, 0.4) is 0 Å². The first-order chi connectivity index (χ1) is 13.4. The summed E-state index contributed by atoms with van der Waals surface area (Å²) in [6.07, 6.45) is 1.54. The number of hydrogen-bond acceptors (Lipinski definition) is 7. The minimum atomic E-state index is -0.759. The predicted octanol–water partition coefficient (Wildman–Crippen LogP) is 2.74. The molecule has 0 bridgehead atoms. The van der Waals surface area contributed by atoms with Gasteiger partial charge in [0.1, 0.15) is 7.85 Å². The predicted molar refractivity (Wildman–Crippen MR) is 108 cm³/mol. The van der Waals surface area contributed by atoms with Crippen molar-refractivity contribution in [2.24, 2.45) is 0 Å². The lowest BCUT2D eigenvalue weighted by atomic mass is 9.89. The molecule has 0 unspecified atom stereocenters. The smallest absolute Gasteiger partial charge is 0.170 e. The van der Waals surface area contributed by atoms with Crippen LogP contribution < -0.4 is 5.46 Å². The molecular formula is C19H11BBrN3O4. The van der Waals surface area contributed by atoms with E-state index in [1.165, 1.54) is 0 Å². The Bertz CT molecular complexity index is 1220. The minimum Gasteiger partial charge on any atom is -0.505 e. The molecule has 2 heterocycles. The first-order valence-corrected chi connectivity index (χ1v) is 8.82. The van der Waals surface area contributed by atoms with Crippen molar-refractivity contribution in [3.8, 4) is 45.6 Å². The highest BCUT2D eigenvalue weighted by Gasteiger charge is 2.25. The van der Waals surface area contributed by atoms with Crippen molar-refractivity contribution < 1.29 is 20.4 Å². The zero-order valence-corrected chi connectivity index (χ0v) is 15.7. The summed E-state index contributed by atoms with van der Waals surface area (Å²) in [5, 5.41) is 41.3. The van der Waals surface area contributed by atoms with E-state index >= 15 is 0 Å². The second-order valence-corrected chi connectivity index (χ2v) is 6.88. The van der Waals surface area contributed by atoms with Crippen LogP contribution in [0.1, 0.15) is 0 Å². The zero-order chi connectivity index (χ0) is 20.0. The van der Waals surface area contributed by atoms with Crippen LogP contribution in [0, 0.1) is 0 Å². The molecule has 0 saturated heterocycles. The van der Waals surface area contributed by atoms with E-state index in [1.54, 1.807) is 36.5 Å². The number of aromatic nitrogens is 3. The van der Waals surface area contributed by atoms with Crippen molar-refractivity contribution in [1.29, 1.82) is 0 Å². The van der Waals surface area contributed by atoms with Crippen LogP contribution in [-0.4, -0.2) is 43.2 Å². The molecule has 136 valence electrons. The Morgan fingerprint density at radius 1 is 0.857 bits per heavy atom. The van der Waals surface area contributed by atoms with Crippen molar-refractivity contribution in [1.82, 2.24) is 15.0 Å². The third-order valence-corrected chi connectivity index (χ3v) is 4.72. The van der Waals surface area contributed by atoms with E-state index in [2.05, 4.69) is 30.9 Å². The molecule has 4 aromatic rings. The maximum atomic E-state index is 10.4. The van der Waals surface area contributed by atoms with Gasteiger partial charge in [-0.25, -0.2) is 15.0 Å². The molecular weight excluding hydrogens is 425 g/mol. The number of pyridine rings is 1. The van der Waals surface area contributed by atoms with Crippen molar-refractivity contribution in [2.75, 3.05) is 0 Å². The highest BCUT2D eigenvalue weighted by atomic mass is 79.9. The van der Waals surface area contributed by atoms with E-state index in [0.29, 0.717) is 16.6 Å². The number of aromatic hydroxyl groups is 4. The Morgan fingerprint density at radius 3 is 2.25 bits per heavy atom. The van der Waals surface area contributed by atoms with Crippen molar-refractivity contribution >= 4 is 40.3 Å². The largest absolute Gasteiger partial charge is 0.505 e. The molecule has 0 atom stereocenters. The molecule has 7 nitrogen and oxygen atoms in total. The third kappa shape index (κ3) is 2.80. The van der Waals surface area contributed by atoms with Crippen molar-refractivity contribution in [3.63, 3.8) is 0 Å². The number of halogens is 1. The molecule has 2 radical (unpaired) electrons. The van der Waals surface area contributed by atoms with E-state index in [-0.39, 0.29) is 17.1 Å². The number of fused-ring (bicyclic) bond motifs is 1. The van der Waals surface area contributed by atoms with Crippen molar-refractivity contribution in [3.05, 3.63) is 47.1 Å². The van der Waals surface area contributed by atoms with Crippen LogP contribution in [-0.2, 0) is 0 Å². The van der Waals surface area contributed by atoms with Gasteiger partial charge in [0.15, 0.2) is 34.5 Å². The number of nitrogens with zero attached hydrogens (tertiary/aromatic N) is 3. The van der Waals surface area contributed by atoms with Gasteiger partial charge in [0.2, 0.25) is 0 Å². The molecule has 9 heteroatoms. The standard InChI is InChI=1S/C19H11BBrN3O4/c20-12-16(27)14(25)11(15(26)17(12)28)13-10-5-2-6-22-19(10)24-18(23-13)8-3-1-4-9(21)7-8/h1-7,25-28H. The first-order valence-electron chi connectivity index (χ1n) is 8.03. The van der Waals surface area contributed by atoms with Gasteiger partial charge in [-0.3, -0.25) is 0 Å². The lowest BCUT2D eigenvalue weighted by Crippen LogP contribution is -2.06. The second kappa shape index (κ2) is 6.68. The summed E-state index contributed by atoms with van der Waals surface area (Å²) in [5.74, 6) is -2.67. The Labute approximate surface area is 168 Å². The maximum Gasteiger partial charge on any atom is 0.170 e. The Balaban J connectivity index is 2.11. The molecule has 0 spiro atoms. The first kappa shape index (κ1) is 18.1. The average Bonchev–Trinajstić information content (AvgIpc) is 2.70. The second-order valence-electron chi connectivity index (χ2n) is 5.96. The SMILES string of the molecule is [B]c1c(O)c(O)c(-c2nc(-c3cccc(Br)c3)nc3ncccc23)c(O)c1O. The highest BCUT2D eigenvalue weighted by Crippen LogP contribution is 2.47. The van der Waals surface area contributed by atoms with E-state index in [4.69, 9.17) is 7.85 Å². The number of hydrogen-bond donors (Lipinski definition) is 4. The van der Waals surface area contributed by atoms with Crippen LogP contribution in [0.15, 0.2) is 47.1 Å². The van der Waals surface area contributed by atoms with Crippen LogP contribution >= 0.6 is 15.9 Å². The van der Waals surface area contributed by atoms with Gasteiger partial charge in [-0.2, -0.15) is 0 Å². The summed E-state index contributed by atoms with van der Waals surface area (Å²) in [4.78, 5) is 13.1. The summed E-state index contributed by atoms with van der Waals surface area (Å²) in [5.41, 5.74) is 0.222. The molecule has 2 aromatic carbocycles. The highest BCUT2D eigenvalue weighted by molar-refractivity contribution is 9.10. The van der Waals surface area contributed by atoms with Gasteiger partial charge in [-0.1, -0.05) is 28.1 Å². The third-order valence-electron chi connectivity index (χ3n) is 4.22. The number of phenols is 4. The quantitative estimate of drug-likeness (QED) is 0.217. The summed E-state index contributed by atoms with van der Waals surface area (Å²) in [6, 6.07) is 10.5. The van der Waals surface area contributed by atoms with Crippen LogP contribution in [0.4, 0.5) is 0 Å². The topological polar surface area (TPSA) is 120 Å². The number of benzene rings is 2. The van der Waals surface area contributed by atoms with Gasteiger partial charge in [0, 0.05) is 21.6 Å². The molecule has 0 aliphatic heterocycles. The lowest BCUT2D eigenvalue weighted by Gasteiger charge is -2.15. The fourth-order valence-corrected chi connectivity index (χ4v) is 3.25. The van der Waals surface area contributed by atoms with Gasteiger partial charge in [-0.05, 0) is 29.7 Å². The summed E-state index contributed by atoms with van der Waals surface area (Å²) >= 11 is 3.39. The van der Waals surface area contributed by atoms with Crippen LogP contribution in [0.25, 0.3) is 33.7 Å². The summed E-state index contributed by atoms with van der Waals surface area (Å²) < 4.78 is 0.810. The molecule has 0 fully saturated rings. The van der Waals surface area contributed by atoms with E-state index < -0.39 is 28.5 Å². The summed E-state index contributed by atoms with van der Waals surface area (Å²) in [6.45, 7) is 0. The number of rotatable bonds is 2. The molecule has 4 N–H and O–H groups in total. The average molecular weight is 436 g/mol. The normalized spacial score (nSPS) is 11.0. The van der Waals surface area contributed by atoms with Gasteiger partial charge in [0.25, 0.3) is 0 Å². The maximum absolute atomic E-state index is 10.4. The molecule has 0 saturated carbocycles. The molecule has 28 heavy (non-hydrogen) atoms. The van der Waals surface area contributed by atoms with Gasteiger partial charge < -0.3 is 20.4 Å². The van der Waals surface area contributed by atoms with Gasteiger partial charge in [-0.15, -0.1) is 0 Å². The van der Waals surface area contributed by atoms with Crippen LogP contribution in [0.2, 0.25) is 0 Å². The van der Waals surface area contributed by atoms with Crippen molar-refractivity contribution in [2.45, 2.75) is 0 Å². The zero-order valence-electron chi connectivity index (χ0n) is 14.1. The molecule has 0 amide bonds. The fraction of sp³-hybridized carbons (Fsp3) is 0. The van der Waals surface area contributed by atoms with E-state index in [1.807, 2.05) is 6.07 Å². The molecule has 0 aliphatic rings. The number of phenolic OH excluding ortho intramolecular Hbond substituents is 4. The minimum absolute atomic E-state index is 0.0775. The Morgan fingerprint density at radius 2 is 1.57 bits per heavy atom. The molecule has 4 rings (SSSR count). The molecule has 2 aromatic heterocycles. The van der Waals surface area contributed by atoms with Crippen LogP contribution in [0.5, 0.6) is 23.0 Å². The fourth-order valence-electron chi connectivity index (χ4n) is 2.85. The van der Waals surface area contributed by atoms with Gasteiger partial charge >= 0.3 is 0 Å². The Hall–Kier alpha value is -3.33. The van der Waals surface area contributed by atoms with Gasteiger partial charge in [0.05, 0.1) is 11.3 Å². The van der Waals surface area contributed by atoms with E-state index in [0.717, 1.165) is 4.47 Å². The summed E-state index contributed by atoms with van der Waals surface area (Å²) in [7, 11) is 5.51. The lowest BCUT2D eigenvalue weighted by molar-refractivity contribution is 0.380.